The molecule has 0 spiro atoms. The first kappa shape index (κ1) is 35.7. The Morgan fingerprint density at radius 2 is 1.56 bits per heavy atom. The van der Waals surface area contributed by atoms with Crippen molar-refractivity contribution in [1.29, 1.82) is 0 Å². The van der Waals surface area contributed by atoms with Gasteiger partial charge in [-0.15, -0.1) is 0 Å². The first-order chi connectivity index (χ1) is 26.3. The number of pyridine rings is 1. The van der Waals surface area contributed by atoms with E-state index in [2.05, 4.69) is 68.7 Å². The first-order valence-corrected chi connectivity index (χ1v) is 17.4. The Morgan fingerprint density at radius 1 is 0.796 bits per heavy atom. The molecule has 54 heavy (non-hydrogen) atoms. The number of para-hydroxylation sites is 1. The monoisotopic (exact) mass is 721 g/mol. The topological polar surface area (TPSA) is 128 Å². The summed E-state index contributed by atoms with van der Waals surface area (Å²) in [6.45, 7) is 2.34. The van der Waals surface area contributed by atoms with E-state index in [4.69, 9.17) is 13.9 Å². The van der Waals surface area contributed by atoms with Crippen molar-refractivity contribution >= 4 is 45.1 Å². The number of ether oxygens (including phenoxy) is 2. The summed E-state index contributed by atoms with van der Waals surface area (Å²) in [5, 5.41) is 7.22. The minimum atomic E-state index is -0.707. The van der Waals surface area contributed by atoms with Crippen LogP contribution in [0, 0.1) is 0 Å². The smallest absolute Gasteiger partial charge is 0.291 e. The molecule has 0 aliphatic heterocycles. The molecule has 0 unspecified atom stereocenters. The standard InChI is InChI=1S/C43H39N5O6/c1-47-19-17-31-13-10-29(21-36(31)47)26-48(27-30-7-6-18-44-25-30)20-16-28-11-14-32(15-12-28)45-42(50)34-22-39(52-2)40(53-3)23-35(34)46-43(51)41-24-37(49)33-8-4-5-9-38(33)54-41/h4-15,17-19,21-25H,16,20,26-27H2,1-3H3,(H,45,50)(H,46,51). The van der Waals surface area contributed by atoms with Crippen LogP contribution in [-0.4, -0.2) is 47.0 Å². The van der Waals surface area contributed by atoms with Gasteiger partial charge in [-0.3, -0.25) is 24.3 Å². The summed E-state index contributed by atoms with van der Waals surface area (Å²) in [6.07, 6.45) is 6.55. The zero-order valence-electron chi connectivity index (χ0n) is 30.2. The maximum Gasteiger partial charge on any atom is 0.291 e. The largest absolute Gasteiger partial charge is 0.493 e. The van der Waals surface area contributed by atoms with Gasteiger partial charge in [0.05, 0.1) is 30.9 Å². The summed E-state index contributed by atoms with van der Waals surface area (Å²) < 4.78 is 18.8. The summed E-state index contributed by atoms with van der Waals surface area (Å²) in [5.41, 5.74) is 5.43. The number of rotatable bonds is 13. The second-order valence-corrected chi connectivity index (χ2v) is 13.0. The molecule has 272 valence electrons. The first-order valence-electron chi connectivity index (χ1n) is 17.4. The number of amides is 2. The van der Waals surface area contributed by atoms with E-state index in [1.165, 1.54) is 42.8 Å². The van der Waals surface area contributed by atoms with Crippen molar-refractivity contribution in [2.75, 3.05) is 31.4 Å². The Labute approximate surface area is 311 Å². The summed E-state index contributed by atoms with van der Waals surface area (Å²) in [6, 6.07) is 31.2. The fourth-order valence-corrected chi connectivity index (χ4v) is 6.44. The lowest BCUT2D eigenvalue weighted by atomic mass is 10.1. The Morgan fingerprint density at radius 3 is 2.33 bits per heavy atom. The SMILES string of the molecule is COc1cc(NC(=O)c2cc(=O)c3ccccc3o2)c(C(=O)Nc2ccc(CCN(Cc3cccnc3)Cc3ccc4ccn(C)c4c3)cc2)cc1OC. The summed E-state index contributed by atoms with van der Waals surface area (Å²) in [7, 11) is 4.97. The van der Waals surface area contributed by atoms with E-state index < -0.39 is 11.8 Å². The molecule has 7 rings (SSSR count). The van der Waals surface area contributed by atoms with E-state index in [1.807, 2.05) is 36.5 Å². The molecule has 4 aromatic carbocycles. The molecule has 0 atom stereocenters. The highest BCUT2D eigenvalue weighted by atomic mass is 16.5. The van der Waals surface area contributed by atoms with Gasteiger partial charge in [-0.2, -0.15) is 0 Å². The van der Waals surface area contributed by atoms with Gasteiger partial charge >= 0.3 is 0 Å². The number of nitrogens with zero attached hydrogens (tertiary/aromatic N) is 3. The lowest BCUT2D eigenvalue weighted by Gasteiger charge is -2.23. The molecule has 3 heterocycles. The average molecular weight is 722 g/mol. The average Bonchev–Trinajstić information content (AvgIpc) is 3.56. The number of carbonyl (C=O) groups excluding carboxylic acids is 2. The van der Waals surface area contributed by atoms with Gasteiger partial charge in [0.1, 0.15) is 5.58 Å². The third-order valence-electron chi connectivity index (χ3n) is 9.29. The van der Waals surface area contributed by atoms with E-state index in [1.54, 1.807) is 30.5 Å². The van der Waals surface area contributed by atoms with Crippen molar-refractivity contribution in [3.05, 3.63) is 160 Å². The molecule has 11 nitrogen and oxygen atoms in total. The maximum absolute atomic E-state index is 13.7. The molecule has 2 amide bonds. The Balaban J connectivity index is 1.06. The van der Waals surface area contributed by atoms with Crippen LogP contribution < -0.4 is 25.5 Å². The van der Waals surface area contributed by atoms with Crippen LogP contribution in [0.2, 0.25) is 0 Å². The highest BCUT2D eigenvalue weighted by Gasteiger charge is 2.21. The fraction of sp³-hybridized carbons (Fsp3) is 0.163. The molecule has 0 aliphatic carbocycles. The zero-order valence-corrected chi connectivity index (χ0v) is 30.2. The number of benzene rings is 4. The Kier molecular flexibility index (Phi) is 10.5. The van der Waals surface area contributed by atoms with Gasteiger partial charge in [-0.05, 0) is 77.0 Å². The summed E-state index contributed by atoms with van der Waals surface area (Å²) >= 11 is 0. The van der Waals surface area contributed by atoms with Gasteiger partial charge in [-0.25, -0.2) is 0 Å². The minimum Gasteiger partial charge on any atom is -0.493 e. The van der Waals surface area contributed by atoms with Gasteiger partial charge in [0.15, 0.2) is 22.7 Å². The van der Waals surface area contributed by atoms with E-state index in [0.29, 0.717) is 22.6 Å². The van der Waals surface area contributed by atoms with Crippen LogP contribution in [0.15, 0.2) is 131 Å². The second-order valence-electron chi connectivity index (χ2n) is 13.0. The Bertz CT molecular complexity index is 2510. The van der Waals surface area contributed by atoms with Crippen LogP contribution in [0.25, 0.3) is 21.9 Å². The van der Waals surface area contributed by atoms with Crippen LogP contribution in [0.1, 0.15) is 37.6 Å². The number of aromatic nitrogens is 2. The number of anilines is 2. The van der Waals surface area contributed by atoms with Gasteiger partial charge in [0, 0.05) is 68.6 Å². The van der Waals surface area contributed by atoms with E-state index >= 15 is 0 Å². The molecule has 2 N–H and O–H groups in total. The zero-order chi connectivity index (χ0) is 37.6. The molecular formula is C43H39N5O6. The molecule has 0 fully saturated rings. The third kappa shape index (κ3) is 8.01. The predicted octanol–water partition coefficient (Wildman–Crippen LogP) is 7.45. The van der Waals surface area contributed by atoms with Crippen molar-refractivity contribution < 1.29 is 23.5 Å². The predicted molar refractivity (Wildman–Crippen MR) is 209 cm³/mol. The highest BCUT2D eigenvalue weighted by Crippen LogP contribution is 2.34. The quantitative estimate of drug-likeness (QED) is 0.126. The van der Waals surface area contributed by atoms with Crippen molar-refractivity contribution in [2.45, 2.75) is 19.5 Å². The van der Waals surface area contributed by atoms with Gasteiger partial charge in [0.25, 0.3) is 11.8 Å². The van der Waals surface area contributed by atoms with E-state index in [-0.39, 0.29) is 28.0 Å². The van der Waals surface area contributed by atoms with Crippen molar-refractivity contribution in [2.24, 2.45) is 7.05 Å². The molecular weight excluding hydrogens is 683 g/mol. The summed E-state index contributed by atoms with van der Waals surface area (Å²) in [5.74, 6) is -0.801. The van der Waals surface area contributed by atoms with E-state index in [9.17, 15) is 14.4 Å². The molecule has 0 bridgehead atoms. The molecule has 0 radical (unpaired) electrons. The number of methoxy groups -OCH3 is 2. The number of carbonyl (C=O) groups is 2. The molecule has 7 aromatic rings. The molecule has 0 aliphatic rings. The van der Waals surface area contributed by atoms with Crippen LogP contribution >= 0.6 is 0 Å². The van der Waals surface area contributed by atoms with Crippen molar-refractivity contribution in [3.8, 4) is 11.5 Å². The normalized spacial score (nSPS) is 11.2. The van der Waals surface area contributed by atoms with Crippen molar-refractivity contribution in [3.63, 3.8) is 0 Å². The van der Waals surface area contributed by atoms with Crippen molar-refractivity contribution in [1.82, 2.24) is 14.5 Å². The van der Waals surface area contributed by atoms with Crippen LogP contribution in [0.3, 0.4) is 0 Å². The highest BCUT2D eigenvalue weighted by molar-refractivity contribution is 6.12. The maximum atomic E-state index is 13.7. The number of hydrogen-bond donors (Lipinski definition) is 2. The molecule has 3 aromatic heterocycles. The summed E-state index contributed by atoms with van der Waals surface area (Å²) in [4.78, 5) is 46.5. The lowest BCUT2D eigenvalue weighted by Crippen LogP contribution is -2.25. The number of nitrogens with one attached hydrogen (secondary N) is 2. The Hall–Kier alpha value is -6.72. The van der Waals surface area contributed by atoms with Crippen LogP contribution in [0.4, 0.5) is 11.4 Å². The molecule has 0 saturated heterocycles. The third-order valence-corrected chi connectivity index (χ3v) is 9.29. The van der Waals surface area contributed by atoms with Gasteiger partial charge in [-0.1, -0.05) is 42.5 Å². The molecule has 0 saturated carbocycles. The van der Waals surface area contributed by atoms with Gasteiger partial charge in [0.2, 0.25) is 0 Å². The number of hydrogen-bond acceptors (Lipinski definition) is 8. The lowest BCUT2D eigenvalue weighted by molar-refractivity contribution is 0.0997. The second kappa shape index (κ2) is 15.9. The minimum absolute atomic E-state index is 0.118. The van der Waals surface area contributed by atoms with Gasteiger partial charge < -0.3 is 29.1 Å². The van der Waals surface area contributed by atoms with E-state index in [0.717, 1.165) is 43.2 Å². The number of fused-ring (bicyclic) bond motifs is 2. The molecule has 11 heteroatoms. The fourth-order valence-electron chi connectivity index (χ4n) is 6.44. The van der Waals surface area contributed by atoms with Crippen LogP contribution in [-0.2, 0) is 26.6 Å². The number of aryl methyl sites for hydroxylation is 1. The van der Waals surface area contributed by atoms with Crippen LogP contribution in [0.5, 0.6) is 11.5 Å².